The summed E-state index contributed by atoms with van der Waals surface area (Å²) in [6.45, 7) is 0. The molecule has 0 aromatic heterocycles. The molecule has 6 aromatic carbocycles. The molecule has 0 atom stereocenters. The molecule has 0 fully saturated rings. The molecule has 1 heteroatoms. The van der Waals surface area contributed by atoms with Crippen LogP contribution in [0.5, 0.6) is 0 Å². The van der Waals surface area contributed by atoms with Gasteiger partial charge in [-0.1, -0.05) is 121 Å². The average Bonchev–Trinajstić information content (AvgIpc) is 2.89. The van der Waals surface area contributed by atoms with Crippen LogP contribution in [0, 0.1) is 0 Å². The normalized spacial score (nSPS) is 12.1. The summed E-state index contributed by atoms with van der Waals surface area (Å²) < 4.78 is 0. The molecular weight excluding hydrogens is 416 g/mol. The first-order valence-electron chi connectivity index (χ1n) is 11.3. The van der Waals surface area contributed by atoms with E-state index in [1.165, 1.54) is 64.7 Å². The predicted octanol–water partition coefficient (Wildman–Crippen LogP) is 9.46. The number of fused-ring (bicyclic) bond motifs is 3. The summed E-state index contributed by atoms with van der Waals surface area (Å²) in [5.41, 5.74) is 7.80. The predicted molar refractivity (Wildman–Crippen MR) is 142 cm³/mol. The first-order chi connectivity index (χ1) is 16.4. The van der Waals surface area contributed by atoms with Crippen LogP contribution in [0.4, 0.5) is 0 Å². The van der Waals surface area contributed by atoms with Crippen molar-refractivity contribution in [1.29, 1.82) is 0 Å². The molecule has 33 heavy (non-hydrogen) atoms. The first-order valence-corrected chi connectivity index (χ1v) is 12.1. The maximum Gasteiger partial charge on any atom is 0.0207 e. The minimum Gasteiger partial charge on any atom is -0.0888 e. The average molecular weight is 437 g/mol. The molecule has 0 radical (unpaired) electrons. The van der Waals surface area contributed by atoms with Gasteiger partial charge in [-0.3, -0.25) is 0 Å². The molecule has 0 aliphatic carbocycles. The largest absolute Gasteiger partial charge is 0.0888 e. The Bertz CT molecular complexity index is 1690. The van der Waals surface area contributed by atoms with E-state index in [1.54, 1.807) is 0 Å². The zero-order valence-electron chi connectivity index (χ0n) is 18.0. The van der Waals surface area contributed by atoms with Gasteiger partial charge in [-0.2, -0.15) is 0 Å². The second-order valence-corrected chi connectivity index (χ2v) is 9.59. The van der Waals surface area contributed by atoms with Crippen molar-refractivity contribution in [2.24, 2.45) is 0 Å². The maximum absolute atomic E-state index is 2.31. The van der Waals surface area contributed by atoms with Crippen LogP contribution in [0.2, 0.25) is 0 Å². The molecule has 1 heterocycles. The van der Waals surface area contributed by atoms with Crippen LogP contribution in [0.1, 0.15) is 0 Å². The number of benzene rings is 6. The lowest BCUT2D eigenvalue weighted by Crippen LogP contribution is -1.94. The Labute approximate surface area is 197 Å². The highest BCUT2D eigenvalue weighted by molar-refractivity contribution is 7.99. The van der Waals surface area contributed by atoms with Crippen LogP contribution in [0.15, 0.2) is 131 Å². The van der Waals surface area contributed by atoms with Crippen LogP contribution >= 0.6 is 11.8 Å². The Balaban J connectivity index is 1.52. The van der Waals surface area contributed by atoms with Crippen LogP contribution in [-0.4, -0.2) is 0 Å². The summed E-state index contributed by atoms with van der Waals surface area (Å²) in [5, 5.41) is 5.25. The standard InChI is InChI=1S/C32H20S/c1-2-11-22-21(9-1)10-7-15-23(22)24-12-3-4-13-25(24)26-19-20-31-32-28(26)16-8-17-29(32)27-14-5-6-18-30(27)33-31/h1-20H. The van der Waals surface area contributed by atoms with E-state index >= 15 is 0 Å². The fourth-order valence-corrected chi connectivity index (χ4v) is 6.36. The Morgan fingerprint density at radius 2 is 0.909 bits per heavy atom. The topological polar surface area (TPSA) is 0 Å². The van der Waals surface area contributed by atoms with Crippen molar-refractivity contribution in [2.45, 2.75) is 9.79 Å². The van der Waals surface area contributed by atoms with Crippen molar-refractivity contribution in [2.75, 3.05) is 0 Å². The second-order valence-electron chi connectivity index (χ2n) is 8.51. The van der Waals surface area contributed by atoms with E-state index in [0.717, 1.165) is 0 Å². The Hall–Kier alpha value is -3.81. The molecule has 6 aromatic rings. The SMILES string of the molecule is c1ccc2c(c1)Sc1ccc(-c3ccccc3-c3cccc4ccccc34)c3cccc-2c13. The fourth-order valence-electron chi connectivity index (χ4n) is 5.23. The summed E-state index contributed by atoms with van der Waals surface area (Å²) in [7, 11) is 0. The van der Waals surface area contributed by atoms with Gasteiger partial charge in [0, 0.05) is 15.2 Å². The lowest BCUT2D eigenvalue weighted by Gasteiger charge is -2.22. The molecule has 0 nitrogen and oxygen atoms in total. The smallest absolute Gasteiger partial charge is 0.0207 e. The summed E-state index contributed by atoms with van der Waals surface area (Å²) in [5.74, 6) is 0. The minimum atomic E-state index is 1.27. The molecule has 7 rings (SSSR count). The van der Waals surface area contributed by atoms with E-state index < -0.39 is 0 Å². The van der Waals surface area contributed by atoms with Crippen molar-refractivity contribution in [3.8, 4) is 33.4 Å². The molecule has 0 N–H and O–H groups in total. The third-order valence-electron chi connectivity index (χ3n) is 6.70. The van der Waals surface area contributed by atoms with Gasteiger partial charge in [0.05, 0.1) is 0 Å². The summed E-state index contributed by atoms with van der Waals surface area (Å²) in [6, 6.07) is 44.2. The molecule has 0 unspecified atom stereocenters. The van der Waals surface area contributed by atoms with Crippen molar-refractivity contribution in [1.82, 2.24) is 0 Å². The van der Waals surface area contributed by atoms with Crippen molar-refractivity contribution < 1.29 is 0 Å². The van der Waals surface area contributed by atoms with Gasteiger partial charge in [0.25, 0.3) is 0 Å². The summed E-state index contributed by atoms with van der Waals surface area (Å²) in [6.07, 6.45) is 0. The van der Waals surface area contributed by atoms with Crippen LogP contribution in [0.25, 0.3) is 54.9 Å². The van der Waals surface area contributed by atoms with Crippen LogP contribution in [0.3, 0.4) is 0 Å². The highest BCUT2D eigenvalue weighted by Crippen LogP contribution is 2.50. The molecule has 154 valence electrons. The third kappa shape index (κ3) is 2.86. The molecule has 1 aliphatic rings. The molecule has 0 saturated carbocycles. The van der Waals surface area contributed by atoms with E-state index in [0.29, 0.717) is 0 Å². The molecule has 1 aliphatic heterocycles. The van der Waals surface area contributed by atoms with E-state index in [-0.39, 0.29) is 0 Å². The molecule has 0 bridgehead atoms. The lowest BCUT2D eigenvalue weighted by molar-refractivity contribution is 1.40. The third-order valence-corrected chi connectivity index (χ3v) is 7.83. The number of hydrogen-bond donors (Lipinski definition) is 0. The maximum atomic E-state index is 2.31. The van der Waals surface area contributed by atoms with Gasteiger partial charge in [0.1, 0.15) is 0 Å². The zero-order chi connectivity index (χ0) is 21.8. The monoisotopic (exact) mass is 436 g/mol. The molecule has 0 amide bonds. The van der Waals surface area contributed by atoms with Gasteiger partial charge in [0.15, 0.2) is 0 Å². The van der Waals surface area contributed by atoms with Crippen LogP contribution in [-0.2, 0) is 0 Å². The lowest BCUT2D eigenvalue weighted by atomic mass is 9.88. The van der Waals surface area contributed by atoms with Gasteiger partial charge >= 0.3 is 0 Å². The molecule has 0 spiro atoms. The highest BCUT2D eigenvalue weighted by atomic mass is 32.2. The van der Waals surface area contributed by atoms with Crippen molar-refractivity contribution in [3.63, 3.8) is 0 Å². The van der Waals surface area contributed by atoms with E-state index in [2.05, 4.69) is 121 Å². The number of rotatable bonds is 2. The Morgan fingerprint density at radius 1 is 0.333 bits per heavy atom. The highest BCUT2D eigenvalue weighted by Gasteiger charge is 2.21. The minimum absolute atomic E-state index is 1.27. The first kappa shape index (κ1) is 18.7. The second kappa shape index (κ2) is 7.37. The number of hydrogen-bond acceptors (Lipinski definition) is 1. The quantitative estimate of drug-likeness (QED) is 0.260. The van der Waals surface area contributed by atoms with Gasteiger partial charge in [0.2, 0.25) is 0 Å². The molecular formula is C32H20S. The van der Waals surface area contributed by atoms with E-state index in [4.69, 9.17) is 0 Å². The van der Waals surface area contributed by atoms with Crippen LogP contribution < -0.4 is 0 Å². The van der Waals surface area contributed by atoms with Crippen molar-refractivity contribution in [3.05, 3.63) is 121 Å². The summed E-state index contributed by atoms with van der Waals surface area (Å²) >= 11 is 1.88. The molecule has 0 saturated heterocycles. The Kier molecular flexibility index (Phi) is 4.18. The van der Waals surface area contributed by atoms with Crippen molar-refractivity contribution >= 4 is 33.3 Å². The van der Waals surface area contributed by atoms with Gasteiger partial charge in [-0.05, 0) is 61.7 Å². The van der Waals surface area contributed by atoms with E-state index in [9.17, 15) is 0 Å². The van der Waals surface area contributed by atoms with Gasteiger partial charge < -0.3 is 0 Å². The van der Waals surface area contributed by atoms with E-state index in [1.807, 2.05) is 11.8 Å². The van der Waals surface area contributed by atoms with Gasteiger partial charge in [-0.15, -0.1) is 0 Å². The van der Waals surface area contributed by atoms with Gasteiger partial charge in [-0.25, -0.2) is 0 Å². The zero-order valence-corrected chi connectivity index (χ0v) is 18.8. The Morgan fingerprint density at radius 3 is 1.79 bits per heavy atom. The summed E-state index contributed by atoms with van der Waals surface area (Å²) in [4.78, 5) is 2.67. The fraction of sp³-hybridized carbons (Fsp3) is 0.